The van der Waals surface area contributed by atoms with Crippen LogP contribution >= 0.6 is 0 Å². The van der Waals surface area contributed by atoms with Crippen LogP contribution in [0.3, 0.4) is 0 Å². The Bertz CT molecular complexity index is 536. The molecule has 0 saturated carbocycles. The van der Waals surface area contributed by atoms with Crippen LogP contribution in [0.15, 0.2) is 34.9 Å². The summed E-state index contributed by atoms with van der Waals surface area (Å²) in [4.78, 5) is 0. The third-order valence-electron chi connectivity index (χ3n) is 2.97. The van der Waals surface area contributed by atoms with Crippen LogP contribution in [0.25, 0.3) is 0 Å². The van der Waals surface area contributed by atoms with Crippen LogP contribution in [0, 0.1) is 11.6 Å². The molecule has 2 aromatic rings. The Labute approximate surface area is 105 Å². The smallest absolute Gasteiger partial charge is 0.131 e. The Morgan fingerprint density at radius 3 is 2.61 bits per heavy atom. The Morgan fingerprint density at radius 2 is 2.00 bits per heavy atom. The maximum Gasteiger partial charge on any atom is 0.131 e. The molecule has 0 fully saturated rings. The lowest BCUT2D eigenvalue weighted by atomic mass is 9.98. The van der Waals surface area contributed by atoms with Crippen molar-refractivity contribution in [3.8, 4) is 0 Å². The Morgan fingerprint density at radius 1 is 1.22 bits per heavy atom. The molecule has 4 heteroatoms. The van der Waals surface area contributed by atoms with Gasteiger partial charge < -0.3 is 9.73 Å². The van der Waals surface area contributed by atoms with Crippen molar-refractivity contribution in [1.82, 2.24) is 5.32 Å². The van der Waals surface area contributed by atoms with Gasteiger partial charge in [-0.15, -0.1) is 0 Å². The molecule has 1 N–H and O–H groups in total. The minimum atomic E-state index is -0.575. The third-order valence-corrected chi connectivity index (χ3v) is 2.97. The molecule has 0 amide bonds. The first-order valence-corrected chi connectivity index (χ1v) is 5.85. The van der Waals surface area contributed by atoms with Crippen molar-refractivity contribution in [2.24, 2.45) is 0 Å². The van der Waals surface area contributed by atoms with Gasteiger partial charge in [-0.05, 0) is 19.2 Å². The first-order chi connectivity index (χ1) is 8.67. The lowest BCUT2D eigenvalue weighted by molar-refractivity contribution is 0.500. The van der Waals surface area contributed by atoms with Crippen LogP contribution in [0.1, 0.15) is 29.9 Å². The molecule has 0 aliphatic heterocycles. The molecule has 18 heavy (non-hydrogen) atoms. The van der Waals surface area contributed by atoms with Crippen LogP contribution in [0.2, 0.25) is 0 Å². The van der Waals surface area contributed by atoms with Gasteiger partial charge in [0, 0.05) is 23.6 Å². The highest BCUT2D eigenvalue weighted by atomic mass is 19.1. The van der Waals surface area contributed by atoms with E-state index >= 15 is 0 Å². The summed E-state index contributed by atoms with van der Waals surface area (Å²) in [6.45, 7) is 1.97. The summed E-state index contributed by atoms with van der Waals surface area (Å²) in [5.74, 6) is -0.329. The highest BCUT2D eigenvalue weighted by molar-refractivity contribution is 5.34. The predicted molar refractivity (Wildman–Crippen MR) is 65.3 cm³/mol. The van der Waals surface area contributed by atoms with E-state index in [2.05, 4.69) is 5.32 Å². The third kappa shape index (κ3) is 2.29. The second-order valence-electron chi connectivity index (χ2n) is 4.04. The summed E-state index contributed by atoms with van der Waals surface area (Å²) in [6.07, 6.45) is 2.31. The zero-order chi connectivity index (χ0) is 13.1. The molecule has 1 heterocycles. The van der Waals surface area contributed by atoms with Crippen molar-refractivity contribution in [1.29, 1.82) is 0 Å². The topological polar surface area (TPSA) is 25.2 Å². The first-order valence-electron chi connectivity index (χ1n) is 5.85. The van der Waals surface area contributed by atoms with E-state index in [-0.39, 0.29) is 6.04 Å². The van der Waals surface area contributed by atoms with Gasteiger partial charge in [-0.25, -0.2) is 8.78 Å². The average molecular weight is 251 g/mol. The average Bonchev–Trinajstić information content (AvgIpc) is 2.81. The van der Waals surface area contributed by atoms with Crippen molar-refractivity contribution >= 4 is 0 Å². The van der Waals surface area contributed by atoms with Gasteiger partial charge in [0.15, 0.2) is 0 Å². The molecule has 0 aliphatic carbocycles. The number of hydrogen-bond acceptors (Lipinski definition) is 2. The van der Waals surface area contributed by atoms with Crippen LogP contribution < -0.4 is 5.32 Å². The molecule has 0 aliphatic rings. The summed E-state index contributed by atoms with van der Waals surface area (Å²) >= 11 is 0. The molecule has 1 unspecified atom stereocenters. The molecule has 1 atom stereocenters. The fourth-order valence-corrected chi connectivity index (χ4v) is 2.11. The molecular weight excluding hydrogens is 236 g/mol. The highest BCUT2D eigenvalue weighted by Crippen LogP contribution is 2.28. The van der Waals surface area contributed by atoms with Crippen LogP contribution in [0.5, 0.6) is 0 Å². The summed E-state index contributed by atoms with van der Waals surface area (Å²) in [5.41, 5.74) is 1.29. The number of aryl methyl sites for hydroxylation is 1. The molecule has 96 valence electrons. The Balaban J connectivity index is 2.45. The van der Waals surface area contributed by atoms with Gasteiger partial charge in [0.1, 0.15) is 17.4 Å². The number of benzene rings is 1. The van der Waals surface area contributed by atoms with E-state index in [0.29, 0.717) is 5.56 Å². The molecule has 0 saturated heterocycles. The van der Waals surface area contributed by atoms with Gasteiger partial charge in [-0.1, -0.05) is 13.0 Å². The highest BCUT2D eigenvalue weighted by Gasteiger charge is 2.20. The predicted octanol–water partition coefficient (Wildman–Crippen LogP) is 3.43. The number of hydrogen-bond donors (Lipinski definition) is 1. The van der Waals surface area contributed by atoms with Crippen LogP contribution in [-0.2, 0) is 6.42 Å². The molecule has 1 aromatic carbocycles. The van der Waals surface area contributed by atoms with E-state index < -0.39 is 11.6 Å². The normalized spacial score (nSPS) is 12.7. The van der Waals surface area contributed by atoms with Gasteiger partial charge in [0.25, 0.3) is 0 Å². The molecule has 2 nitrogen and oxygen atoms in total. The molecule has 2 rings (SSSR count). The number of nitrogens with one attached hydrogen (secondary N) is 1. The van der Waals surface area contributed by atoms with E-state index in [4.69, 9.17) is 4.42 Å². The van der Waals surface area contributed by atoms with Crippen molar-refractivity contribution < 1.29 is 13.2 Å². The van der Waals surface area contributed by atoms with Crippen molar-refractivity contribution in [3.63, 3.8) is 0 Å². The maximum absolute atomic E-state index is 13.8. The second kappa shape index (κ2) is 5.31. The van der Waals surface area contributed by atoms with E-state index in [9.17, 15) is 8.78 Å². The summed E-state index contributed by atoms with van der Waals surface area (Å²) in [7, 11) is 1.74. The van der Waals surface area contributed by atoms with Crippen molar-refractivity contribution in [2.75, 3.05) is 7.05 Å². The standard InChI is InChI=1S/C14H15F2NO/c1-3-13-11(6-7-18-13)14(17-2)10-5-4-9(15)8-12(10)16/h4-8,14,17H,3H2,1-2H3. The molecule has 0 bridgehead atoms. The molecule has 1 aromatic heterocycles. The molecular formula is C14H15F2NO. The fraction of sp³-hybridized carbons (Fsp3) is 0.286. The van der Waals surface area contributed by atoms with Gasteiger partial charge >= 0.3 is 0 Å². The van der Waals surface area contributed by atoms with E-state index in [1.165, 1.54) is 12.1 Å². The van der Waals surface area contributed by atoms with Crippen LogP contribution in [0.4, 0.5) is 8.78 Å². The van der Waals surface area contributed by atoms with E-state index in [1.54, 1.807) is 13.3 Å². The minimum Gasteiger partial charge on any atom is -0.469 e. The zero-order valence-electron chi connectivity index (χ0n) is 10.3. The largest absolute Gasteiger partial charge is 0.469 e. The van der Waals surface area contributed by atoms with E-state index in [0.717, 1.165) is 23.8 Å². The summed E-state index contributed by atoms with van der Waals surface area (Å²) < 4.78 is 32.1. The number of furan rings is 1. The van der Waals surface area contributed by atoms with Crippen molar-refractivity contribution in [2.45, 2.75) is 19.4 Å². The van der Waals surface area contributed by atoms with Gasteiger partial charge in [0.05, 0.1) is 12.3 Å². The number of rotatable bonds is 4. The van der Waals surface area contributed by atoms with Crippen LogP contribution in [-0.4, -0.2) is 7.05 Å². The SMILES string of the molecule is CCc1occc1C(NC)c1ccc(F)cc1F. The Kier molecular flexibility index (Phi) is 3.77. The van der Waals surface area contributed by atoms with Gasteiger partial charge in [-0.2, -0.15) is 0 Å². The zero-order valence-corrected chi connectivity index (χ0v) is 10.3. The van der Waals surface area contributed by atoms with Gasteiger partial charge in [0.2, 0.25) is 0 Å². The first kappa shape index (κ1) is 12.8. The second-order valence-corrected chi connectivity index (χ2v) is 4.04. The Hall–Kier alpha value is -1.68. The van der Waals surface area contributed by atoms with Gasteiger partial charge in [-0.3, -0.25) is 0 Å². The van der Waals surface area contributed by atoms with E-state index in [1.807, 2.05) is 13.0 Å². The van der Waals surface area contributed by atoms with Crippen molar-refractivity contribution in [3.05, 3.63) is 59.1 Å². The monoisotopic (exact) mass is 251 g/mol. The number of halogens is 2. The molecule has 0 radical (unpaired) electrons. The maximum atomic E-state index is 13.8. The molecule has 0 spiro atoms. The summed E-state index contributed by atoms with van der Waals surface area (Å²) in [5, 5.41) is 3.03. The fourth-order valence-electron chi connectivity index (χ4n) is 2.11. The minimum absolute atomic E-state index is 0.334. The quantitative estimate of drug-likeness (QED) is 0.900. The lowest BCUT2D eigenvalue weighted by Crippen LogP contribution is -2.19. The summed E-state index contributed by atoms with van der Waals surface area (Å²) in [6, 6.07) is 5.08. The lowest BCUT2D eigenvalue weighted by Gasteiger charge is -2.17.